The molecule has 7 heteroatoms. The minimum atomic E-state index is -0.788. The Morgan fingerprint density at radius 1 is 1.11 bits per heavy atom. The van der Waals surface area contributed by atoms with E-state index in [1.807, 2.05) is 39.8 Å². The predicted molar refractivity (Wildman–Crippen MR) is 137 cm³/mol. The quantitative estimate of drug-likeness (QED) is 0.367. The Morgan fingerprint density at radius 3 is 2.28 bits per heavy atom. The van der Waals surface area contributed by atoms with Crippen molar-refractivity contribution in [3.05, 3.63) is 24.2 Å². The lowest BCUT2D eigenvalue weighted by atomic mass is 9.75. The smallest absolute Gasteiger partial charge is 0.373 e. The molecule has 0 spiro atoms. The van der Waals surface area contributed by atoms with Crippen LogP contribution in [0.4, 0.5) is 0 Å². The summed E-state index contributed by atoms with van der Waals surface area (Å²) in [5.41, 5.74) is 0. The highest BCUT2D eigenvalue weighted by Crippen LogP contribution is 2.35. The molecule has 7 nitrogen and oxygen atoms in total. The average Bonchev–Trinajstić information content (AvgIpc) is 3.40. The zero-order valence-corrected chi connectivity index (χ0v) is 23.2. The highest BCUT2D eigenvalue weighted by Gasteiger charge is 2.41. The number of carbonyl (C=O) groups excluding carboxylic acids is 3. The number of Topliss-reactive ketones (excluding diaryl/α,β-unsaturated/α-hetero) is 1. The number of carbonyl (C=O) groups is 1. The summed E-state index contributed by atoms with van der Waals surface area (Å²) in [6.07, 6.45) is 6.17. The van der Waals surface area contributed by atoms with Gasteiger partial charge in [-0.15, -0.1) is 0 Å². The van der Waals surface area contributed by atoms with Gasteiger partial charge >= 0.3 is 6.15 Å². The van der Waals surface area contributed by atoms with Crippen LogP contribution in [0.15, 0.2) is 22.8 Å². The topological polar surface area (TPSA) is 114 Å². The second-order valence-corrected chi connectivity index (χ2v) is 10.8. The summed E-state index contributed by atoms with van der Waals surface area (Å²) in [5, 5.41) is 22.3. The first-order valence-electron chi connectivity index (χ1n) is 13.6. The van der Waals surface area contributed by atoms with Crippen LogP contribution in [0.1, 0.15) is 98.7 Å². The Labute approximate surface area is 217 Å². The van der Waals surface area contributed by atoms with E-state index in [1.54, 1.807) is 6.26 Å². The van der Waals surface area contributed by atoms with E-state index in [4.69, 9.17) is 18.7 Å². The lowest BCUT2D eigenvalue weighted by Crippen LogP contribution is -2.47. The van der Waals surface area contributed by atoms with E-state index in [0.29, 0.717) is 12.3 Å². The van der Waals surface area contributed by atoms with Crippen LogP contribution in [0, 0.1) is 29.6 Å². The Morgan fingerprint density at radius 2 is 1.75 bits per heavy atom. The van der Waals surface area contributed by atoms with Crippen molar-refractivity contribution >= 4 is 11.9 Å². The van der Waals surface area contributed by atoms with Gasteiger partial charge in [0.1, 0.15) is 11.5 Å². The van der Waals surface area contributed by atoms with Crippen LogP contribution in [0.3, 0.4) is 0 Å². The van der Waals surface area contributed by atoms with Gasteiger partial charge in [0, 0.05) is 23.7 Å². The number of rotatable bonds is 13. The minimum Gasteiger partial charge on any atom is -0.469 e. The van der Waals surface area contributed by atoms with Gasteiger partial charge in [0.2, 0.25) is 0 Å². The molecule has 0 aliphatic carbocycles. The van der Waals surface area contributed by atoms with Gasteiger partial charge in [0.15, 0.2) is 0 Å². The molecule has 206 valence electrons. The van der Waals surface area contributed by atoms with Crippen molar-refractivity contribution in [2.45, 2.75) is 117 Å². The normalized spacial score (nSPS) is 25.8. The zero-order chi connectivity index (χ0) is 27.4. The van der Waals surface area contributed by atoms with Crippen LogP contribution in [0.2, 0.25) is 0 Å². The molecule has 1 saturated heterocycles. The fourth-order valence-corrected chi connectivity index (χ4v) is 5.76. The molecule has 1 aliphatic rings. The maximum atomic E-state index is 13.4. The van der Waals surface area contributed by atoms with E-state index < -0.39 is 24.0 Å². The minimum absolute atomic E-state index is 0.0429. The summed E-state index contributed by atoms with van der Waals surface area (Å²) in [6.45, 7) is 14.2. The van der Waals surface area contributed by atoms with Gasteiger partial charge in [-0.05, 0) is 56.1 Å². The van der Waals surface area contributed by atoms with E-state index in [2.05, 4.69) is 20.8 Å². The predicted octanol–water partition coefficient (Wildman–Crippen LogP) is 5.40. The van der Waals surface area contributed by atoms with E-state index in [9.17, 15) is 15.0 Å². The maximum Gasteiger partial charge on any atom is 0.373 e. The number of aliphatic hydroxyl groups is 2. The summed E-state index contributed by atoms with van der Waals surface area (Å²) in [7, 11) is 0. The van der Waals surface area contributed by atoms with Crippen molar-refractivity contribution in [2.75, 3.05) is 0 Å². The van der Waals surface area contributed by atoms with Gasteiger partial charge in [-0.2, -0.15) is 9.59 Å². The van der Waals surface area contributed by atoms with Gasteiger partial charge in [0.05, 0.1) is 30.7 Å². The number of ether oxygens (including phenoxy) is 1. The number of hydrogen-bond acceptors (Lipinski definition) is 7. The third-order valence-corrected chi connectivity index (χ3v) is 8.04. The molecule has 0 radical (unpaired) electrons. The molecule has 0 aromatic carbocycles. The van der Waals surface area contributed by atoms with Crippen molar-refractivity contribution in [1.29, 1.82) is 0 Å². The first kappa shape index (κ1) is 32.2. The number of aliphatic hydroxyl groups excluding tert-OH is 2. The monoisotopic (exact) mass is 508 g/mol. The second kappa shape index (κ2) is 16.1. The molecule has 36 heavy (non-hydrogen) atoms. The van der Waals surface area contributed by atoms with E-state index in [-0.39, 0.29) is 41.9 Å². The Bertz CT molecular complexity index is 771. The third-order valence-electron chi connectivity index (χ3n) is 8.04. The van der Waals surface area contributed by atoms with Crippen LogP contribution < -0.4 is 0 Å². The lowest BCUT2D eigenvalue weighted by Gasteiger charge is -2.41. The van der Waals surface area contributed by atoms with Gasteiger partial charge in [-0.25, -0.2) is 0 Å². The van der Waals surface area contributed by atoms with Crippen molar-refractivity contribution < 1.29 is 33.8 Å². The fraction of sp³-hybridized carbons (Fsp3) is 0.793. The van der Waals surface area contributed by atoms with E-state index >= 15 is 0 Å². The molecule has 0 amide bonds. The Kier molecular flexibility index (Phi) is 14.4. The van der Waals surface area contributed by atoms with Crippen molar-refractivity contribution in [1.82, 2.24) is 0 Å². The summed E-state index contributed by atoms with van der Waals surface area (Å²) < 4.78 is 11.9. The summed E-state index contributed by atoms with van der Waals surface area (Å²) in [4.78, 5) is 29.7. The van der Waals surface area contributed by atoms with E-state index in [0.717, 1.165) is 37.9 Å². The van der Waals surface area contributed by atoms with Gasteiger partial charge in [-0.1, -0.05) is 54.9 Å². The molecule has 1 aliphatic heterocycles. The molecule has 2 rings (SSSR count). The highest BCUT2D eigenvalue weighted by atomic mass is 16.5. The van der Waals surface area contributed by atoms with Gasteiger partial charge in [0.25, 0.3) is 0 Å². The molecule has 0 bridgehead atoms. The zero-order valence-electron chi connectivity index (χ0n) is 23.2. The molecular weight excluding hydrogens is 460 g/mol. The molecule has 1 aromatic heterocycles. The van der Waals surface area contributed by atoms with Crippen LogP contribution in [0.5, 0.6) is 0 Å². The first-order chi connectivity index (χ1) is 17.0. The number of hydrogen-bond donors (Lipinski definition) is 2. The summed E-state index contributed by atoms with van der Waals surface area (Å²) in [6, 6.07) is 3.82. The van der Waals surface area contributed by atoms with Crippen LogP contribution in [0.25, 0.3) is 0 Å². The lowest BCUT2D eigenvalue weighted by molar-refractivity contribution is -0.191. The summed E-state index contributed by atoms with van der Waals surface area (Å²) in [5.74, 6) is 0.156. The Balaban J connectivity index is 0.00000205. The molecule has 0 saturated carbocycles. The second-order valence-electron chi connectivity index (χ2n) is 10.8. The highest BCUT2D eigenvalue weighted by molar-refractivity contribution is 5.84. The number of furan rings is 1. The molecule has 2 heterocycles. The van der Waals surface area contributed by atoms with Crippen molar-refractivity contribution in [2.24, 2.45) is 29.6 Å². The average molecular weight is 509 g/mol. The number of ketones is 1. The van der Waals surface area contributed by atoms with Crippen LogP contribution in [-0.2, 0) is 19.1 Å². The van der Waals surface area contributed by atoms with Crippen LogP contribution in [-0.4, -0.2) is 46.6 Å². The third kappa shape index (κ3) is 8.95. The molecule has 1 fully saturated rings. The Hall–Kier alpha value is -1.79. The molecule has 1 unspecified atom stereocenters. The SMILES string of the molecule is CCC[C@H]1CCC(C)[C@H]([C@@H](C)[C@H](O)[C@H](C)C(=O)[C@H](CC)[C@@H](O)[C@@H](C)C[C@@H](C)c2ccco2)O1.O=C=O. The first-order valence-corrected chi connectivity index (χ1v) is 13.6. The van der Waals surface area contributed by atoms with Crippen LogP contribution >= 0.6 is 0 Å². The molecule has 2 N–H and O–H groups in total. The maximum absolute atomic E-state index is 13.4. The molecular formula is C29H48O7. The van der Waals surface area contributed by atoms with Crippen molar-refractivity contribution in [3.8, 4) is 0 Å². The van der Waals surface area contributed by atoms with E-state index in [1.165, 1.54) is 0 Å². The fourth-order valence-electron chi connectivity index (χ4n) is 5.76. The molecule has 10 atom stereocenters. The molecule has 1 aromatic rings. The summed E-state index contributed by atoms with van der Waals surface area (Å²) >= 11 is 0. The van der Waals surface area contributed by atoms with Gasteiger partial charge < -0.3 is 19.4 Å². The van der Waals surface area contributed by atoms with Gasteiger partial charge in [-0.3, -0.25) is 4.79 Å². The standard InChI is InChI=1S/C28H48O5.CO2/c1-8-11-22-14-13-17(3)28(33-22)21(7)26(30)20(6)27(31)23(9-2)25(29)19(5)16-18(4)24-12-10-15-32-24;2-1-3/h10,12,15,17-23,25-26,28-30H,8-9,11,13-14,16H2,1-7H3;/t17?,18-,19+,20+,21+,22+,23-,25+,26-,28-;/m1./s1. The van der Waals surface area contributed by atoms with Crippen molar-refractivity contribution in [3.63, 3.8) is 0 Å². The largest absolute Gasteiger partial charge is 0.469 e.